The summed E-state index contributed by atoms with van der Waals surface area (Å²) in [6.07, 6.45) is 0. The zero-order valence-corrected chi connectivity index (χ0v) is 16.6. The van der Waals surface area contributed by atoms with Crippen LogP contribution in [0.2, 0.25) is 15.1 Å². The van der Waals surface area contributed by atoms with Gasteiger partial charge < -0.3 is 14.8 Å². The van der Waals surface area contributed by atoms with Crippen LogP contribution in [0.4, 0.5) is 0 Å². The van der Waals surface area contributed by atoms with E-state index < -0.39 is 0 Å². The predicted octanol–water partition coefficient (Wildman–Crippen LogP) is 3.50. The van der Waals surface area contributed by atoms with Crippen LogP contribution in [-0.2, 0) is 9.53 Å². The Bertz CT molecular complexity index is 593. The molecule has 140 valence electrons. The molecule has 1 amide bonds. The van der Waals surface area contributed by atoms with Crippen molar-refractivity contribution in [2.45, 2.75) is 19.9 Å². The largest absolute Gasteiger partial charge is 0.482 e. The first-order valence-electron chi connectivity index (χ1n) is 8.24. The molecule has 25 heavy (non-hydrogen) atoms. The van der Waals surface area contributed by atoms with E-state index in [4.69, 9.17) is 44.3 Å². The average molecular weight is 410 g/mol. The van der Waals surface area contributed by atoms with E-state index in [2.05, 4.69) is 24.1 Å². The van der Waals surface area contributed by atoms with Gasteiger partial charge in [-0.3, -0.25) is 9.69 Å². The van der Waals surface area contributed by atoms with Gasteiger partial charge in [-0.15, -0.1) is 0 Å². The Hall–Kier alpha value is -0.720. The van der Waals surface area contributed by atoms with Crippen LogP contribution in [0.15, 0.2) is 12.1 Å². The van der Waals surface area contributed by atoms with Crippen molar-refractivity contribution in [3.63, 3.8) is 0 Å². The third-order valence-corrected chi connectivity index (χ3v) is 5.14. The molecule has 1 unspecified atom stereocenters. The molecule has 1 aliphatic heterocycles. The van der Waals surface area contributed by atoms with E-state index >= 15 is 0 Å². The molecule has 5 nitrogen and oxygen atoms in total. The highest BCUT2D eigenvalue weighted by atomic mass is 35.5. The number of carbonyl (C=O) groups excluding carboxylic acids is 1. The zero-order chi connectivity index (χ0) is 18.4. The molecule has 0 aliphatic carbocycles. The van der Waals surface area contributed by atoms with Crippen LogP contribution in [0.1, 0.15) is 13.8 Å². The van der Waals surface area contributed by atoms with Crippen LogP contribution in [0.3, 0.4) is 0 Å². The molecular weight excluding hydrogens is 387 g/mol. The summed E-state index contributed by atoms with van der Waals surface area (Å²) in [5.74, 6) is 0.546. The van der Waals surface area contributed by atoms with E-state index in [1.54, 1.807) is 0 Å². The Morgan fingerprint density at radius 1 is 1.20 bits per heavy atom. The number of morpholine rings is 1. The molecule has 1 saturated heterocycles. The van der Waals surface area contributed by atoms with Crippen molar-refractivity contribution in [3.05, 3.63) is 27.2 Å². The van der Waals surface area contributed by atoms with Crippen LogP contribution in [0.25, 0.3) is 0 Å². The van der Waals surface area contributed by atoms with Gasteiger partial charge in [0.1, 0.15) is 5.75 Å². The van der Waals surface area contributed by atoms with Crippen LogP contribution < -0.4 is 10.1 Å². The molecule has 0 spiro atoms. The quantitative estimate of drug-likeness (QED) is 0.700. The normalized spacial score (nSPS) is 16.7. The van der Waals surface area contributed by atoms with Gasteiger partial charge in [0.15, 0.2) is 6.61 Å². The summed E-state index contributed by atoms with van der Waals surface area (Å²) in [4.78, 5) is 14.5. The fraction of sp³-hybridized carbons (Fsp3) is 0.588. The Kier molecular flexibility index (Phi) is 8.10. The standard InChI is InChI=1S/C17H23Cl3N2O3/c1-11(2)15(22-3-5-24-6-4-22)9-21-17(23)10-25-16-8-13(19)12(18)7-14(16)20/h7-8,11,15H,3-6,9-10H2,1-2H3,(H,21,23). The van der Waals surface area contributed by atoms with Gasteiger partial charge in [-0.2, -0.15) is 0 Å². The van der Waals surface area contributed by atoms with Crippen molar-refractivity contribution < 1.29 is 14.3 Å². The van der Waals surface area contributed by atoms with E-state index in [0.29, 0.717) is 33.3 Å². The molecule has 1 N–H and O–H groups in total. The number of nitrogens with one attached hydrogen (secondary N) is 1. The number of hydrogen-bond donors (Lipinski definition) is 1. The van der Waals surface area contributed by atoms with Crippen molar-refractivity contribution in [2.24, 2.45) is 5.92 Å². The van der Waals surface area contributed by atoms with Gasteiger partial charge in [0, 0.05) is 31.7 Å². The summed E-state index contributed by atoms with van der Waals surface area (Å²) >= 11 is 17.8. The Morgan fingerprint density at radius 2 is 1.84 bits per heavy atom. The molecule has 1 atom stereocenters. The minimum atomic E-state index is -0.207. The first-order chi connectivity index (χ1) is 11.9. The highest BCUT2D eigenvalue weighted by molar-refractivity contribution is 6.43. The number of carbonyl (C=O) groups is 1. The molecule has 0 aromatic heterocycles. The molecule has 0 saturated carbocycles. The monoisotopic (exact) mass is 408 g/mol. The molecular formula is C17H23Cl3N2O3. The predicted molar refractivity (Wildman–Crippen MR) is 101 cm³/mol. The molecule has 8 heteroatoms. The molecule has 0 radical (unpaired) electrons. The number of nitrogens with zero attached hydrogens (tertiary/aromatic N) is 1. The molecule has 1 heterocycles. The van der Waals surface area contributed by atoms with E-state index in [1.165, 1.54) is 12.1 Å². The Labute approximate surface area is 163 Å². The minimum absolute atomic E-state index is 0.133. The van der Waals surface area contributed by atoms with Gasteiger partial charge in [-0.1, -0.05) is 48.7 Å². The van der Waals surface area contributed by atoms with Crippen LogP contribution in [0.5, 0.6) is 5.75 Å². The molecule has 1 aliphatic rings. The SMILES string of the molecule is CC(C)C(CNC(=O)COc1cc(Cl)c(Cl)cc1Cl)N1CCOCC1. The zero-order valence-electron chi connectivity index (χ0n) is 14.4. The average Bonchev–Trinajstić information content (AvgIpc) is 2.58. The van der Waals surface area contributed by atoms with E-state index in [1.807, 2.05) is 0 Å². The summed E-state index contributed by atoms with van der Waals surface area (Å²) in [6, 6.07) is 3.26. The van der Waals surface area contributed by atoms with Gasteiger partial charge in [0.2, 0.25) is 0 Å². The fourth-order valence-electron chi connectivity index (χ4n) is 2.72. The van der Waals surface area contributed by atoms with E-state index in [0.717, 1.165) is 26.3 Å². The number of ether oxygens (including phenoxy) is 2. The lowest BCUT2D eigenvalue weighted by molar-refractivity contribution is -0.123. The second-order valence-corrected chi connectivity index (χ2v) is 7.47. The topological polar surface area (TPSA) is 50.8 Å². The highest BCUT2D eigenvalue weighted by Crippen LogP contribution is 2.33. The van der Waals surface area contributed by atoms with Crippen molar-refractivity contribution in [2.75, 3.05) is 39.5 Å². The van der Waals surface area contributed by atoms with Gasteiger partial charge in [0.25, 0.3) is 5.91 Å². The number of halogens is 3. The maximum absolute atomic E-state index is 12.1. The van der Waals surface area contributed by atoms with Gasteiger partial charge in [-0.05, 0) is 12.0 Å². The van der Waals surface area contributed by atoms with Crippen LogP contribution in [-0.4, -0.2) is 56.3 Å². The van der Waals surface area contributed by atoms with Gasteiger partial charge in [0.05, 0.1) is 28.3 Å². The smallest absolute Gasteiger partial charge is 0.257 e. The highest BCUT2D eigenvalue weighted by Gasteiger charge is 2.24. The lowest BCUT2D eigenvalue weighted by Gasteiger charge is -2.36. The molecule has 2 rings (SSSR count). The number of benzene rings is 1. The van der Waals surface area contributed by atoms with Crippen molar-refractivity contribution >= 4 is 40.7 Å². The molecule has 1 aromatic rings. The first-order valence-corrected chi connectivity index (χ1v) is 9.37. The van der Waals surface area contributed by atoms with Gasteiger partial charge >= 0.3 is 0 Å². The van der Waals surface area contributed by atoms with E-state index in [-0.39, 0.29) is 18.6 Å². The minimum Gasteiger partial charge on any atom is -0.482 e. The Balaban J connectivity index is 1.84. The Morgan fingerprint density at radius 3 is 2.48 bits per heavy atom. The summed E-state index contributed by atoms with van der Waals surface area (Å²) in [7, 11) is 0. The van der Waals surface area contributed by atoms with Crippen LogP contribution >= 0.6 is 34.8 Å². The fourth-order valence-corrected chi connectivity index (χ4v) is 3.31. The molecule has 1 fully saturated rings. The van der Waals surface area contributed by atoms with Crippen molar-refractivity contribution in [1.29, 1.82) is 0 Å². The lowest BCUT2D eigenvalue weighted by atomic mass is 10.0. The molecule has 1 aromatic carbocycles. The number of rotatable bonds is 7. The third kappa shape index (κ3) is 6.19. The lowest BCUT2D eigenvalue weighted by Crippen LogP contribution is -2.51. The summed E-state index contributed by atoms with van der Waals surface area (Å²) in [5, 5.41) is 3.91. The van der Waals surface area contributed by atoms with Crippen molar-refractivity contribution in [1.82, 2.24) is 10.2 Å². The van der Waals surface area contributed by atoms with Gasteiger partial charge in [-0.25, -0.2) is 0 Å². The van der Waals surface area contributed by atoms with Crippen molar-refractivity contribution in [3.8, 4) is 5.75 Å². The third-order valence-electron chi connectivity index (χ3n) is 4.13. The second kappa shape index (κ2) is 9.83. The summed E-state index contributed by atoms with van der Waals surface area (Å²) in [5.41, 5.74) is 0. The van der Waals surface area contributed by atoms with E-state index in [9.17, 15) is 4.79 Å². The van der Waals surface area contributed by atoms with Crippen LogP contribution in [0, 0.1) is 5.92 Å². The maximum atomic E-state index is 12.1. The first kappa shape index (κ1) is 20.6. The number of amides is 1. The summed E-state index contributed by atoms with van der Waals surface area (Å²) in [6.45, 7) is 7.96. The number of hydrogen-bond acceptors (Lipinski definition) is 4. The molecule has 0 bridgehead atoms. The summed E-state index contributed by atoms with van der Waals surface area (Å²) < 4.78 is 10.8. The maximum Gasteiger partial charge on any atom is 0.257 e. The second-order valence-electron chi connectivity index (χ2n) is 6.25.